The Morgan fingerprint density at radius 1 is 1.17 bits per heavy atom. The Morgan fingerprint density at radius 3 is 2.54 bits per heavy atom. The maximum atomic E-state index is 14.7. The van der Waals surface area contributed by atoms with Crippen LogP contribution in [0.5, 0.6) is 0 Å². The summed E-state index contributed by atoms with van der Waals surface area (Å²) < 4.78 is 53.1. The lowest BCUT2D eigenvalue weighted by Crippen LogP contribution is -2.34. The highest BCUT2D eigenvalue weighted by Gasteiger charge is 2.27. The molecule has 23 heteroatoms. The van der Waals surface area contributed by atoms with Crippen molar-refractivity contribution in [2.45, 2.75) is 76.8 Å². The quantitative estimate of drug-likeness (QED) is 0.0280. The smallest absolute Gasteiger partial charge is 0.471 e. The van der Waals surface area contributed by atoms with Crippen LogP contribution >= 0.6 is 19.2 Å². The molecule has 1 aliphatic carbocycles. The van der Waals surface area contributed by atoms with Crippen molar-refractivity contribution in [3.8, 4) is 22.0 Å². The van der Waals surface area contributed by atoms with Crippen molar-refractivity contribution in [3.63, 3.8) is 0 Å². The zero-order chi connectivity index (χ0) is 39.6. The number of ether oxygens (including phenoxy) is 1. The molecule has 54 heavy (non-hydrogen) atoms. The minimum absolute atomic E-state index is 0.0111. The summed E-state index contributed by atoms with van der Waals surface area (Å²) in [5.41, 5.74) is 10.6. The second kappa shape index (κ2) is 19.1. The molecule has 2 atom stereocenters. The second-order valence-electron chi connectivity index (χ2n) is 12.0. The first-order valence-corrected chi connectivity index (χ1v) is 19.1. The summed E-state index contributed by atoms with van der Waals surface area (Å²) >= 11 is 1.14. The van der Waals surface area contributed by atoms with Crippen molar-refractivity contribution in [2.24, 2.45) is 11.5 Å². The highest BCUT2D eigenvalue weighted by atomic mass is 32.1. The average Bonchev–Trinajstić information content (AvgIpc) is 3.88. The van der Waals surface area contributed by atoms with Gasteiger partial charge in [0, 0.05) is 36.5 Å². The Bertz CT molecular complexity index is 1950. The largest absolute Gasteiger partial charge is 0.480 e. The van der Waals surface area contributed by atoms with Crippen molar-refractivity contribution in [2.75, 3.05) is 18.5 Å². The lowest BCUT2D eigenvalue weighted by molar-refractivity contribution is -0.138. The number of carbonyl (C=O) groups excluding carboxylic acids is 1. The number of thiazole rings is 1. The Labute approximate surface area is 311 Å². The number of pyridine rings is 1. The monoisotopic (exact) mass is 797 g/mol. The first-order valence-electron chi connectivity index (χ1n) is 16.7. The zero-order valence-corrected chi connectivity index (χ0v) is 31.0. The van der Waals surface area contributed by atoms with Crippen molar-refractivity contribution in [3.05, 3.63) is 53.6 Å². The molecule has 0 radical (unpaired) electrons. The van der Waals surface area contributed by atoms with Gasteiger partial charge in [0.1, 0.15) is 28.1 Å². The summed E-state index contributed by atoms with van der Waals surface area (Å²) in [5, 5.41) is 30.9. The maximum absolute atomic E-state index is 14.7. The van der Waals surface area contributed by atoms with E-state index < -0.39 is 43.7 Å². The van der Waals surface area contributed by atoms with Crippen molar-refractivity contribution in [1.29, 1.82) is 5.41 Å². The molecule has 1 aliphatic rings. The standard InChI is InChI=1S/C25H28F2N7O6PS.C6H14N4O2/c1-3-39-17-6-4-16(5-7-17)34-12-19(23(32-34)22-18(26)8-9-21(27)31-22)29-24(35)20-13-42-25(30-20)15-10-28-33(11-15)14(2)40-41(36,37)38;7-4(5(11)12)2-1-3-10-6(8)9/h8-14,16-17H,3-7H2,1-2H3,(H,29,35)(H2,36,37,38);4H,1-3,7H2,(H,11,12)(H4,8,9,10)/t14?,16-,17-;4-/m.0/s1. The number of halogens is 2. The van der Waals surface area contributed by atoms with Crippen LogP contribution in [-0.2, 0) is 18.6 Å². The number of phosphoric ester groups is 1. The second-order valence-corrected chi connectivity index (χ2v) is 14.1. The fourth-order valence-electron chi connectivity index (χ4n) is 5.40. The molecule has 0 spiro atoms. The molecule has 0 aromatic carbocycles. The molecular formula is C31H42F2N11O8PS. The molecule has 5 rings (SSSR count). The average molecular weight is 798 g/mol. The van der Waals surface area contributed by atoms with Gasteiger partial charge in [-0.15, -0.1) is 11.3 Å². The molecule has 0 bridgehead atoms. The van der Waals surface area contributed by atoms with Gasteiger partial charge in [0.15, 0.2) is 18.0 Å². The van der Waals surface area contributed by atoms with Gasteiger partial charge in [-0.25, -0.2) is 23.6 Å². The van der Waals surface area contributed by atoms with Crippen LogP contribution in [0.25, 0.3) is 22.0 Å². The van der Waals surface area contributed by atoms with E-state index in [1.165, 1.54) is 29.4 Å². The molecule has 19 nitrogen and oxygen atoms in total. The minimum Gasteiger partial charge on any atom is -0.480 e. The molecule has 4 aromatic rings. The summed E-state index contributed by atoms with van der Waals surface area (Å²) in [4.78, 5) is 49.5. The lowest BCUT2D eigenvalue weighted by atomic mass is 9.93. The molecule has 0 saturated heterocycles. The maximum Gasteiger partial charge on any atom is 0.471 e. The van der Waals surface area contributed by atoms with Crippen LogP contribution in [0.4, 0.5) is 14.5 Å². The van der Waals surface area contributed by atoms with Crippen LogP contribution in [0.15, 0.2) is 36.1 Å². The summed E-state index contributed by atoms with van der Waals surface area (Å²) in [6.45, 7) is 4.48. The number of carboxylic acid groups (broad SMARTS) is 1. The molecule has 1 amide bonds. The van der Waals surface area contributed by atoms with E-state index in [1.54, 1.807) is 10.9 Å². The predicted octanol–water partition coefficient (Wildman–Crippen LogP) is 3.61. The Balaban J connectivity index is 0.000000467. The van der Waals surface area contributed by atoms with Gasteiger partial charge in [-0.2, -0.15) is 14.6 Å². The molecule has 4 aromatic heterocycles. The Kier molecular flexibility index (Phi) is 14.8. The SMILES string of the molecule is CCO[C@H]1CC[C@H](n2cc(NC(=O)c3csc(-c4cnn(C(C)OP(=O)(O)O)c4)n3)c(-c3nc(F)ccc3F)n2)CC1.N=C(N)NCCC[C@H](N)C(=O)O. The number of nitrogens with one attached hydrogen (secondary N) is 3. The number of phosphoric acid groups is 1. The number of amides is 1. The van der Waals surface area contributed by atoms with E-state index in [4.69, 9.17) is 36.5 Å². The summed E-state index contributed by atoms with van der Waals surface area (Å²) in [6.07, 6.45) is 7.74. The highest BCUT2D eigenvalue weighted by Crippen LogP contribution is 2.40. The summed E-state index contributed by atoms with van der Waals surface area (Å²) in [5.74, 6) is -3.40. The fourth-order valence-corrected chi connectivity index (χ4v) is 6.67. The van der Waals surface area contributed by atoms with Crippen LogP contribution in [0.1, 0.15) is 75.1 Å². The molecular weight excluding hydrogens is 755 g/mol. The van der Waals surface area contributed by atoms with Crippen molar-refractivity contribution >= 4 is 42.7 Å². The van der Waals surface area contributed by atoms with E-state index in [9.17, 15) is 22.9 Å². The van der Waals surface area contributed by atoms with Gasteiger partial charge in [0.2, 0.25) is 5.95 Å². The van der Waals surface area contributed by atoms with E-state index >= 15 is 0 Å². The van der Waals surface area contributed by atoms with E-state index in [2.05, 4.69) is 35.3 Å². The van der Waals surface area contributed by atoms with Gasteiger partial charge < -0.3 is 41.7 Å². The fraction of sp³-hybridized carbons (Fsp3) is 0.452. The number of hydrogen-bond acceptors (Lipinski definition) is 12. The van der Waals surface area contributed by atoms with Gasteiger partial charge in [-0.05, 0) is 64.5 Å². The topological polar surface area (TPSA) is 292 Å². The highest BCUT2D eigenvalue weighted by molar-refractivity contribution is 7.46. The van der Waals surface area contributed by atoms with E-state index in [0.717, 1.165) is 49.2 Å². The number of nitrogens with two attached hydrogens (primary N) is 2. The third-order valence-corrected chi connectivity index (χ3v) is 9.48. The number of guanidine groups is 1. The lowest BCUT2D eigenvalue weighted by Gasteiger charge is -2.28. The molecule has 294 valence electrons. The normalized spacial score (nSPS) is 16.9. The minimum atomic E-state index is -4.73. The number of hydrogen-bond donors (Lipinski definition) is 8. The Hall–Kier alpha value is -4.70. The summed E-state index contributed by atoms with van der Waals surface area (Å²) in [6, 6.07) is 1.01. The number of rotatable bonds is 15. The van der Waals surface area contributed by atoms with Gasteiger partial charge in [0.05, 0.1) is 24.0 Å². The van der Waals surface area contributed by atoms with Crippen molar-refractivity contribution in [1.82, 2.24) is 34.8 Å². The third kappa shape index (κ3) is 12.2. The molecule has 1 fully saturated rings. The number of carbonyl (C=O) groups is 2. The van der Waals surface area contributed by atoms with Crippen LogP contribution in [0.3, 0.4) is 0 Å². The molecule has 10 N–H and O–H groups in total. The first kappa shape index (κ1) is 42.0. The predicted molar refractivity (Wildman–Crippen MR) is 192 cm³/mol. The molecule has 1 unspecified atom stereocenters. The van der Waals surface area contributed by atoms with Gasteiger partial charge in [-0.3, -0.25) is 24.2 Å². The van der Waals surface area contributed by atoms with Crippen LogP contribution in [0.2, 0.25) is 0 Å². The van der Waals surface area contributed by atoms with Gasteiger partial charge >= 0.3 is 13.8 Å². The van der Waals surface area contributed by atoms with E-state index in [0.29, 0.717) is 36.6 Å². The van der Waals surface area contributed by atoms with Gasteiger partial charge in [0.25, 0.3) is 5.91 Å². The molecule has 0 aliphatic heterocycles. The molecule has 4 heterocycles. The van der Waals surface area contributed by atoms with Gasteiger partial charge in [-0.1, -0.05) is 0 Å². The summed E-state index contributed by atoms with van der Waals surface area (Å²) in [7, 11) is -4.73. The number of aliphatic carboxylic acids is 1. The van der Waals surface area contributed by atoms with Crippen molar-refractivity contribution < 1.29 is 47.1 Å². The Morgan fingerprint density at radius 2 is 1.89 bits per heavy atom. The van der Waals surface area contributed by atoms with E-state index in [1.807, 2.05) is 6.92 Å². The number of anilines is 1. The van der Waals surface area contributed by atoms with Crippen LogP contribution in [-0.4, -0.2) is 87.6 Å². The zero-order valence-electron chi connectivity index (χ0n) is 29.3. The number of carboxylic acids is 1. The third-order valence-electron chi connectivity index (χ3n) is 8.01. The molecule has 1 saturated carbocycles. The number of nitrogens with zero attached hydrogens (tertiary/aromatic N) is 6. The number of aromatic nitrogens is 6. The first-order chi connectivity index (χ1) is 25.5. The van der Waals surface area contributed by atoms with E-state index in [-0.39, 0.29) is 40.9 Å². The van der Waals surface area contributed by atoms with Crippen LogP contribution < -0.4 is 22.1 Å². The van der Waals surface area contributed by atoms with Crippen LogP contribution in [0, 0.1) is 17.2 Å².